The second-order valence-electron chi connectivity index (χ2n) is 7.50. The summed E-state index contributed by atoms with van der Waals surface area (Å²) >= 11 is 0. The average molecular weight is 404 g/mol. The lowest BCUT2D eigenvalue weighted by molar-refractivity contribution is -0.132. The fourth-order valence-electron chi connectivity index (χ4n) is 4.22. The molecule has 0 radical (unpaired) electrons. The number of carbonyl (C=O) groups is 1. The molecule has 7 nitrogen and oxygen atoms in total. The van der Waals surface area contributed by atoms with E-state index in [-0.39, 0.29) is 12.5 Å². The molecule has 0 saturated carbocycles. The number of benzene rings is 2. The van der Waals surface area contributed by atoms with E-state index in [9.17, 15) is 4.79 Å². The van der Waals surface area contributed by atoms with Crippen molar-refractivity contribution >= 4 is 11.6 Å². The van der Waals surface area contributed by atoms with Crippen LogP contribution in [0.4, 0.5) is 5.69 Å². The number of methoxy groups -OCH3 is 1. The van der Waals surface area contributed by atoms with Crippen LogP contribution >= 0.6 is 0 Å². The number of rotatable bonds is 4. The Morgan fingerprint density at radius 3 is 2.67 bits per heavy atom. The molecule has 2 aliphatic heterocycles. The first-order chi connectivity index (χ1) is 14.7. The van der Waals surface area contributed by atoms with E-state index in [0.717, 1.165) is 47.1 Å². The van der Waals surface area contributed by atoms with Crippen LogP contribution in [0.25, 0.3) is 11.3 Å². The normalized spacial score (nSPS) is 15.2. The fourth-order valence-corrected chi connectivity index (χ4v) is 4.22. The molecule has 7 heteroatoms. The lowest BCUT2D eigenvalue weighted by atomic mass is 10.0. The Hall–Kier alpha value is -3.48. The van der Waals surface area contributed by atoms with Crippen molar-refractivity contribution in [2.24, 2.45) is 0 Å². The van der Waals surface area contributed by atoms with Crippen LogP contribution in [0.2, 0.25) is 0 Å². The van der Waals surface area contributed by atoms with Gasteiger partial charge in [-0.1, -0.05) is 24.3 Å². The largest absolute Gasteiger partial charge is 0.495 e. The van der Waals surface area contributed by atoms with Gasteiger partial charge in [-0.3, -0.25) is 9.48 Å². The van der Waals surface area contributed by atoms with Crippen molar-refractivity contribution in [2.45, 2.75) is 13.2 Å². The van der Waals surface area contributed by atoms with Gasteiger partial charge in [-0.15, -0.1) is 0 Å². The van der Waals surface area contributed by atoms with Crippen LogP contribution in [-0.4, -0.2) is 53.9 Å². The zero-order chi connectivity index (χ0) is 20.5. The van der Waals surface area contributed by atoms with Crippen LogP contribution in [-0.2, 0) is 17.9 Å². The summed E-state index contributed by atoms with van der Waals surface area (Å²) in [4.78, 5) is 17.2. The number of nitrogens with zero attached hydrogens (tertiary/aromatic N) is 4. The number of carbonyl (C=O) groups excluding carboxylic acids is 1. The molecule has 0 N–H and O–H groups in total. The van der Waals surface area contributed by atoms with E-state index in [0.29, 0.717) is 19.7 Å². The fraction of sp³-hybridized carbons (Fsp3) is 0.304. The molecule has 1 aromatic heterocycles. The Balaban J connectivity index is 1.28. The standard InChI is InChI=1S/C23H24N4O3/c1-29-21-9-5-3-7-19(21)25-10-12-26(13-11-25)22(28)15-27-23-17(14-24-27)16-30-20-8-4-2-6-18(20)23/h2-9,14H,10-13,15-16H2,1H3. The molecular formula is C23H24N4O3. The number of hydrogen-bond donors (Lipinski definition) is 0. The van der Waals surface area contributed by atoms with E-state index in [1.54, 1.807) is 13.3 Å². The Kier molecular flexibility index (Phi) is 4.78. The molecular weight excluding hydrogens is 380 g/mol. The minimum atomic E-state index is 0.0875. The van der Waals surface area contributed by atoms with E-state index in [2.05, 4.69) is 16.1 Å². The molecule has 3 heterocycles. The molecule has 0 aliphatic carbocycles. The number of piperazine rings is 1. The van der Waals surface area contributed by atoms with Gasteiger partial charge in [0.2, 0.25) is 5.91 Å². The van der Waals surface area contributed by atoms with Crippen LogP contribution < -0.4 is 14.4 Å². The third kappa shape index (κ3) is 3.26. The highest BCUT2D eigenvalue weighted by atomic mass is 16.5. The smallest absolute Gasteiger partial charge is 0.244 e. The third-order valence-corrected chi connectivity index (χ3v) is 5.78. The maximum absolute atomic E-state index is 13.0. The molecule has 1 saturated heterocycles. The first-order valence-electron chi connectivity index (χ1n) is 10.2. The maximum atomic E-state index is 13.0. The van der Waals surface area contributed by atoms with Crippen LogP contribution in [0.5, 0.6) is 11.5 Å². The summed E-state index contributed by atoms with van der Waals surface area (Å²) in [6.45, 7) is 3.64. The molecule has 1 amide bonds. The van der Waals surface area contributed by atoms with Crippen molar-refractivity contribution in [1.29, 1.82) is 0 Å². The van der Waals surface area contributed by atoms with Gasteiger partial charge in [0, 0.05) is 37.3 Å². The predicted molar refractivity (Wildman–Crippen MR) is 114 cm³/mol. The number of para-hydroxylation sites is 3. The number of fused-ring (bicyclic) bond motifs is 3. The van der Waals surface area contributed by atoms with Crippen molar-refractivity contribution in [3.63, 3.8) is 0 Å². The molecule has 1 fully saturated rings. The monoisotopic (exact) mass is 404 g/mol. The Morgan fingerprint density at radius 2 is 1.83 bits per heavy atom. The van der Waals surface area contributed by atoms with Gasteiger partial charge in [0.25, 0.3) is 0 Å². The average Bonchev–Trinajstić information content (AvgIpc) is 3.22. The molecule has 0 spiro atoms. The molecule has 154 valence electrons. The van der Waals surface area contributed by atoms with Crippen LogP contribution in [0.15, 0.2) is 54.7 Å². The highest BCUT2D eigenvalue weighted by molar-refractivity contribution is 5.79. The van der Waals surface area contributed by atoms with E-state index >= 15 is 0 Å². The topological polar surface area (TPSA) is 59.8 Å². The number of ether oxygens (including phenoxy) is 2. The van der Waals surface area contributed by atoms with Gasteiger partial charge >= 0.3 is 0 Å². The second-order valence-corrected chi connectivity index (χ2v) is 7.50. The minimum Gasteiger partial charge on any atom is -0.495 e. The zero-order valence-corrected chi connectivity index (χ0v) is 17.0. The molecule has 5 rings (SSSR count). The SMILES string of the molecule is COc1ccccc1N1CCN(C(=O)Cn2ncc3c2-c2ccccc2OC3)CC1. The molecule has 2 aromatic carbocycles. The van der Waals surface area contributed by atoms with Crippen molar-refractivity contribution in [3.8, 4) is 22.8 Å². The molecule has 3 aromatic rings. The quantitative estimate of drug-likeness (QED) is 0.669. The summed E-state index contributed by atoms with van der Waals surface area (Å²) in [6, 6.07) is 15.9. The number of aromatic nitrogens is 2. The zero-order valence-electron chi connectivity index (χ0n) is 17.0. The van der Waals surface area contributed by atoms with Crippen LogP contribution in [0, 0.1) is 0 Å². The summed E-state index contributed by atoms with van der Waals surface area (Å²) in [6.07, 6.45) is 1.80. The lowest BCUT2D eigenvalue weighted by Gasteiger charge is -2.36. The van der Waals surface area contributed by atoms with E-state index in [4.69, 9.17) is 9.47 Å². The van der Waals surface area contributed by atoms with Gasteiger partial charge in [0.1, 0.15) is 24.7 Å². The minimum absolute atomic E-state index is 0.0875. The van der Waals surface area contributed by atoms with Crippen molar-refractivity contribution in [1.82, 2.24) is 14.7 Å². The number of anilines is 1. The molecule has 2 aliphatic rings. The van der Waals surface area contributed by atoms with Crippen molar-refractivity contribution in [2.75, 3.05) is 38.2 Å². The number of hydrogen-bond acceptors (Lipinski definition) is 5. The first kappa shape index (κ1) is 18.5. The maximum Gasteiger partial charge on any atom is 0.244 e. The highest BCUT2D eigenvalue weighted by Gasteiger charge is 2.26. The number of amides is 1. The van der Waals surface area contributed by atoms with Crippen LogP contribution in [0.3, 0.4) is 0 Å². The molecule has 0 unspecified atom stereocenters. The van der Waals surface area contributed by atoms with E-state index in [1.165, 1.54) is 0 Å². The Bertz CT molecular complexity index is 1070. The Labute approximate surface area is 175 Å². The van der Waals surface area contributed by atoms with Gasteiger partial charge in [0.05, 0.1) is 24.7 Å². The van der Waals surface area contributed by atoms with Gasteiger partial charge in [-0.05, 0) is 24.3 Å². The van der Waals surface area contributed by atoms with Gasteiger partial charge in [-0.25, -0.2) is 0 Å². The highest BCUT2D eigenvalue weighted by Crippen LogP contribution is 2.37. The van der Waals surface area contributed by atoms with Gasteiger partial charge in [-0.2, -0.15) is 5.10 Å². The summed E-state index contributed by atoms with van der Waals surface area (Å²) in [5.74, 6) is 1.79. The first-order valence-corrected chi connectivity index (χ1v) is 10.2. The summed E-state index contributed by atoms with van der Waals surface area (Å²) < 4.78 is 13.1. The summed E-state index contributed by atoms with van der Waals surface area (Å²) in [7, 11) is 1.69. The lowest BCUT2D eigenvalue weighted by Crippen LogP contribution is -2.49. The molecule has 0 atom stereocenters. The Morgan fingerprint density at radius 1 is 1.07 bits per heavy atom. The predicted octanol–water partition coefficient (Wildman–Crippen LogP) is 2.80. The van der Waals surface area contributed by atoms with Gasteiger partial charge < -0.3 is 19.3 Å². The molecule has 0 bridgehead atoms. The van der Waals surface area contributed by atoms with Crippen molar-refractivity contribution < 1.29 is 14.3 Å². The van der Waals surface area contributed by atoms with Crippen LogP contribution in [0.1, 0.15) is 5.56 Å². The van der Waals surface area contributed by atoms with Crippen molar-refractivity contribution in [3.05, 3.63) is 60.3 Å². The second kappa shape index (κ2) is 7.74. The van der Waals surface area contributed by atoms with E-state index in [1.807, 2.05) is 52.0 Å². The third-order valence-electron chi connectivity index (χ3n) is 5.78. The summed E-state index contributed by atoms with van der Waals surface area (Å²) in [5, 5.41) is 4.48. The van der Waals surface area contributed by atoms with E-state index < -0.39 is 0 Å². The van der Waals surface area contributed by atoms with Gasteiger partial charge in [0.15, 0.2) is 0 Å². The molecule has 30 heavy (non-hydrogen) atoms. The summed E-state index contributed by atoms with van der Waals surface area (Å²) in [5.41, 5.74) is 4.07.